The maximum atomic E-state index is 12.7. The first-order valence-corrected chi connectivity index (χ1v) is 10.1. The molecule has 4 unspecified atom stereocenters. The fourth-order valence-electron chi connectivity index (χ4n) is 4.98. The van der Waals surface area contributed by atoms with Gasteiger partial charge in [-0.3, -0.25) is 9.59 Å². The molecule has 1 heterocycles. The van der Waals surface area contributed by atoms with Gasteiger partial charge in [0.05, 0.1) is 0 Å². The molecule has 0 aromatic heterocycles. The van der Waals surface area contributed by atoms with Crippen molar-refractivity contribution in [1.82, 2.24) is 9.80 Å². The summed E-state index contributed by atoms with van der Waals surface area (Å²) >= 11 is 0. The van der Waals surface area contributed by atoms with Crippen LogP contribution < -0.4 is 0 Å². The maximum Gasteiger partial charge on any atom is 0.225 e. The zero-order chi connectivity index (χ0) is 17.1. The highest BCUT2D eigenvalue weighted by molar-refractivity contribution is 5.81. The molecule has 24 heavy (non-hydrogen) atoms. The third-order valence-electron chi connectivity index (χ3n) is 6.47. The van der Waals surface area contributed by atoms with Crippen LogP contribution in [0.25, 0.3) is 0 Å². The molecule has 4 heteroatoms. The smallest absolute Gasteiger partial charge is 0.225 e. The molecule has 4 atom stereocenters. The highest BCUT2D eigenvalue weighted by Crippen LogP contribution is 2.31. The van der Waals surface area contributed by atoms with Crippen LogP contribution in [0.3, 0.4) is 0 Å². The van der Waals surface area contributed by atoms with Crippen molar-refractivity contribution in [2.45, 2.75) is 65.2 Å². The highest BCUT2D eigenvalue weighted by atomic mass is 16.2. The molecule has 1 saturated heterocycles. The Morgan fingerprint density at radius 2 is 1.04 bits per heavy atom. The second-order valence-corrected chi connectivity index (χ2v) is 8.59. The van der Waals surface area contributed by atoms with Gasteiger partial charge in [0.2, 0.25) is 11.8 Å². The Hall–Kier alpha value is -1.06. The first kappa shape index (κ1) is 17.8. The molecule has 0 bridgehead atoms. The molecule has 3 aliphatic rings. The van der Waals surface area contributed by atoms with Crippen molar-refractivity contribution in [3.05, 3.63) is 0 Å². The fraction of sp³-hybridized carbons (Fsp3) is 0.900. The number of hydrogen-bond acceptors (Lipinski definition) is 2. The first-order valence-electron chi connectivity index (χ1n) is 10.1. The van der Waals surface area contributed by atoms with E-state index in [9.17, 15) is 9.59 Å². The Morgan fingerprint density at radius 3 is 1.38 bits per heavy atom. The Bertz CT molecular complexity index is 415. The van der Waals surface area contributed by atoms with Crippen molar-refractivity contribution < 1.29 is 9.59 Å². The molecule has 0 aromatic rings. The van der Waals surface area contributed by atoms with Crippen LogP contribution in [0.15, 0.2) is 0 Å². The average Bonchev–Trinajstić information content (AvgIpc) is 2.60. The van der Waals surface area contributed by atoms with Crippen LogP contribution in [0.4, 0.5) is 0 Å². The van der Waals surface area contributed by atoms with Gasteiger partial charge in [0.1, 0.15) is 0 Å². The van der Waals surface area contributed by atoms with Gasteiger partial charge in [0.15, 0.2) is 0 Å². The predicted octanol–water partition coefficient (Wildman–Crippen LogP) is 3.31. The SMILES string of the molecule is CC1CCCC(C(=O)N2CCN(C(=O)C3CCCC(C)C3)CC2)C1. The van der Waals surface area contributed by atoms with E-state index in [1.807, 2.05) is 9.80 Å². The Kier molecular flexibility index (Phi) is 5.83. The zero-order valence-electron chi connectivity index (χ0n) is 15.5. The molecule has 0 aromatic carbocycles. The summed E-state index contributed by atoms with van der Waals surface area (Å²) in [6.07, 6.45) is 9.14. The van der Waals surface area contributed by atoms with E-state index in [1.165, 1.54) is 25.7 Å². The number of carbonyl (C=O) groups is 2. The van der Waals surface area contributed by atoms with Crippen LogP contribution >= 0.6 is 0 Å². The van der Waals surface area contributed by atoms with Gasteiger partial charge < -0.3 is 9.80 Å². The fourth-order valence-corrected chi connectivity index (χ4v) is 4.98. The van der Waals surface area contributed by atoms with E-state index in [2.05, 4.69) is 13.8 Å². The molecule has 2 saturated carbocycles. The van der Waals surface area contributed by atoms with Crippen molar-refractivity contribution in [2.75, 3.05) is 26.2 Å². The summed E-state index contributed by atoms with van der Waals surface area (Å²) in [4.78, 5) is 29.5. The minimum absolute atomic E-state index is 0.232. The summed E-state index contributed by atoms with van der Waals surface area (Å²) in [6.45, 7) is 7.47. The first-order chi connectivity index (χ1) is 11.5. The van der Waals surface area contributed by atoms with Crippen molar-refractivity contribution in [1.29, 1.82) is 0 Å². The monoisotopic (exact) mass is 334 g/mol. The molecular formula is C20H34N2O2. The number of nitrogens with zero attached hydrogens (tertiary/aromatic N) is 2. The standard InChI is InChI=1S/C20H34N2O2/c1-15-5-3-7-17(13-15)19(23)21-9-11-22(12-10-21)20(24)18-8-4-6-16(2)14-18/h15-18H,3-14H2,1-2H3. The van der Waals surface area contributed by atoms with E-state index in [0.29, 0.717) is 23.7 Å². The van der Waals surface area contributed by atoms with Crippen LogP contribution in [0, 0.1) is 23.7 Å². The molecule has 2 aliphatic carbocycles. The minimum atomic E-state index is 0.232. The van der Waals surface area contributed by atoms with E-state index < -0.39 is 0 Å². The lowest BCUT2D eigenvalue weighted by Crippen LogP contribution is -2.53. The van der Waals surface area contributed by atoms with Crippen LogP contribution in [-0.4, -0.2) is 47.8 Å². The average molecular weight is 335 g/mol. The summed E-state index contributed by atoms with van der Waals surface area (Å²) in [6, 6.07) is 0. The minimum Gasteiger partial charge on any atom is -0.339 e. The van der Waals surface area contributed by atoms with Crippen LogP contribution in [0.2, 0.25) is 0 Å². The molecule has 0 radical (unpaired) electrons. The summed E-state index contributed by atoms with van der Waals surface area (Å²) in [5.74, 6) is 2.53. The number of hydrogen-bond donors (Lipinski definition) is 0. The van der Waals surface area contributed by atoms with Crippen molar-refractivity contribution in [3.8, 4) is 0 Å². The molecule has 3 rings (SSSR count). The largest absolute Gasteiger partial charge is 0.339 e. The van der Waals surface area contributed by atoms with Gasteiger partial charge in [-0.25, -0.2) is 0 Å². The van der Waals surface area contributed by atoms with E-state index in [-0.39, 0.29) is 11.8 Å². The lowest BCUT2D eigenvalue weighted by molar-refractivity contribution is -0.145. The van der Waals surface area contributed by atoms with Gasteiger partial charge in [-0.15, -0.1) is 0 Å². The third-order valence-corrected chi connectivity index (χ3v) is 6.47. The molecule has 0 N–H and O–H groups in total. The number of amides is 2. The molecular weight excluding hydrogens is 300 g/mol. The summed E-state index contributed by atoms with van der Waals surface area (Å²) in [5.41, 5.74) is 0. The van der Waals surface area contributed by atoms with Crippen LogP contribution in [-0.2, 0) is 9.59 Å². The van der Waals surface area contributed by atoms with Gasteiger partial charge in [0.25, 0.3) is 0 Å². The number of piperazine rings is 1. The van der Waals surface area contributed by atoms with Gasteiger partial charge in [-0.05, 0) is 37.5 Å². The molecule has 136 valence electrons. The van der Waals surface area contributed by atoms with Gasteiger partial charge >= 0.3 is 0 Å². The molecule has 4 nitrogen and oxygen atoms in total. The Morgan fingerprint density at radius 1 is 0.667 bits per heavy atom. The third kappa shape index (κ3) is 4.12. The van der Waals surface area contributed by atoms with E-state index in [1.54, 1.807) is 0 Å². The Labute approximate surface area is 146 Å². The summed E-state index contributed by atoms with van der Waals surface area (Å²) < 4.78 is 0. The van der Waals surface area contributed by atoms with Crippen molar-refractivity contribution in [2.24, 2.45) is 23.7 Å². The van der Waals surface area contributed by atoms with Gasteiger partial charge in [-0.1, -0.05) is 39.5 Å². The van der Waals surface area contributed by atoms with E-state index in [0.717, 1.165) is 51.9 Å². The second-order valence-electron chi connectivity index (χ2n) is 8.59. The van der Waals surface area contributed by atoms with E-state index in [4.69, 9.17) is 0 Å². The van der Waals surface area contributed by atoms with Gasteiger partial charge in [-0.2, -0.15) is 0 Å². The topological polar surface area (TPSA) is 40.6 Å². The van der Waals surface area contributed by atoms with Crippen LogP contribution in [0.5, 0.6) is 0 Å². The quantitative estimate of drug-likeness (QED) is 0.777. The van der Waals surface area contributed by atoms with E-state index >= 15 is 0 Å². The highest BCUT2D eigenvalue weighted by Gasteiger charge is 2.34. The van der Waals surface area contributed by atoms with Crippen molar-refractivity contribution >= 4 is 11.8 Å². The maximum absolute atomic E-state index is 12.7. The zero-order valence-corrected chi connectivity index (χ0v) is 15.5. The van der Waals surface area contributed by atoms with Crippen molar-refractivity contribution in [3.63, 3.8) is 0 Å². The molecule has 0 spiro atoms. The van der Waals surface area contributed by atoms with Gasteiger partial charge in [0, 0.05) is 38.0 Å². The number of carbonyl (C=O) groups excluding carboxylic acids is 2. The molecule has 1 aliphatic heterocycles. The molecule has 2 amide bonds. The predicted molar refractivity (Wildman–Crippen MR) is 95.4 cm³/mol. The summed E-state index contributed by atoms with van der Waals surface area (Å²) in [7, 11) is 0. The summed E-state index contributed by atoms with van der Waals surface area (Å²) in [5, 5.41) is 0. The lowest BCUT2D eigenvalue weighted by Gasteiger charge is -2.39. The molecule has 3 fully saturated rings. The second kappa shape index (κ2) is 7.88. The van der Waals surface area contributed by atoms with Crippen LogP contribution in [0.1, 0.15) is 65.2 Å². The normalized spacial score (nSPS) is 34.9. The Balaban J connectivity index is 1.48. The number of rotatable bonds is 2. The lowest BCUT2D eigenvalue weighted by atomic mass is 9.81.